The molecule has 0 aromatic heterocycles. The van der Waals surface area contributed by atoms with E-state index in [-0.39, 0.29) is 5.91 Å². The fourth-order valence-corrected chi connectivity index (χ4v) is 1.97. The van der Waals surface area contributed by atoms with Gasteiger partial charge in [0.2, 0.25) is 5.91 Å². The van der Waals surface area contributed by atoms with Crippen molar-refractivity contribution in [1.29, 1.82) is 0 Å². The molecule has 2 rings (SSSR count). The first-order valence-corrected chi connectivity index (χ1v) is 6.23. The van der Waals surface area contributed by atoms with Gasteiger partial charge in [-0.15, -0.1) is 0 Å². The highest BCUT2D eigenvalue weighted by Gasteiger charge is 2.47. The number of nitrogens with two attached hydrogens (primary N) is 1. The third-order valence-electron chi connectivity index (χ3n) is 3.38. The van der Waals surface area contributed by atoms with E-state index in [1.807, 2.05) is 12.1 Å². The van der Waals surface area contributed by atoms with Crippen LogP contribution in [0.3, 0.4) is 0 Å². The summed E-state index contributed by atoms with van der Waals surface area (Å²) >= 11 is 0. The summed E-state index contributed by atoms with van der Waals surface area (Å²) in [6.45, 7) is 2.16. The first-order chi connectivity index (χ1) is 8.07. The molecule has 92 valence electrons. The fourth-order valence-electron chi connectivity index (χ4n) is 1.97. The molecule has 1 amide bonds. The summed E-state index contributed by atoms with van der Waals surface area (Å²) in [6.07, 6.45) is 3.84. The van der Waals surface area contributed by atoms with Crippen molar-refractivity contribution in [1.82, 2.24) is 0 Å². The number of hydrogen-bond acceptors (Lipinski definition) is 2. The summed E-state index contributed by atoms with van der Waals surface area (Å²) in [5.74, 6) is 0.0285. The Hall–Kier alpha value is -1.35. The molecular formula is C14H20N2O. The van der Waals surface area contributed by atoms with E-state index in [1.54, 1.807) is 11.9 Å². The van der Waals surface area contributed by atoms with Gasteiger partial charge < -0.3 is 10.6 Å². The summed E-state index contributed by atoms with van der Waals surface area (Å²) in [6, 6.07) is 8.15. The fraction of sp³-hybridized carbons (Fsp3) is 0.500. The van der Waals surface area contributed by atoms with Crippen LogP contribution in [0.1, 0.15) is 31.7 Å². The van der Waals surface area contributed by atoms with E-state index < -0.39 is 5.54 Å². The highest BCUT2D eigenvalue weighted by molar-refractivity contribution is 6.01. The number of nitrogens with zero attached hydrogens (tertiary/aromatic N) is 1. The third-order valence-corrected chi connectivity index (χ3v) is 3.38. The molecule has 17 heavy (non-hydrogen) atoms. The maximum atomic E-state index is 12.0. The van der Waals surface area contributed by atoms with Gasteiger partial charge in [-0.1, -0.05) is 25.5 Å². The monoisotopic (exact) mass is 232 g/mol. The number of carbonyl (C=O) groups is 1. The molecule has 3 heteroatoms. The van der Waals surface area contributed by atoms with Crippen molar-refractivity contribution in [2.24, 2.45) is 5.73 Å². The number of likely N-dealkylation sites (N-methyl/N-ethyl adjacent to an activating group) is 1. The minimum absolute atomic E-state index is 0.0285. The van der Waals surface area contributed by atoms with Crippen molar-refractivity contribution in [3.63, 3.8) is 0 Å². The largest absolute Gasteiger partial charge is 0.317 e. The van der Waals surface area contributed by atoms with E-state index in [0.717, 1.165) is 31.4 Å². The minimum atomic E-state index is -0.586. The van der Waals surface area contributed by atoms with Gasteiger partial charge in [0.25, 0.3) is 0 Å². The number of carbonyl (C=O) groups excluding carboxylic acids is 1. The highest BCUT2D eigenvalue weighted by atomic mass is 16.2. The molecule has 1 aliphatic carbocycles. The van der Waals surface area contributed by atoms with E-state index in [2.05, 4.69) is 19.1 Å². The van der Waals surface area contributed by atoms with Gasteiger partial charge in [-0.2, -0.15) is 0 Å². The maximum Gasteiger partial charge on any atom is 0.246 e. The van der Waals surface area contributed by atoms with Crippen molar-refractivity contribution in [2.75, 3.05) is 11.9 Å². The Morgan fingerprint density at radius 3 is 2.41 bits per heavy atom. The second kappa shape index (κ2) is 4.49. The number of anilines is 1. The summed E-state index contributed by atoms with van der Waals surface area (Å²) in [4.78, 5) is 13.7. The number of aryl methyl sites for hydroxylation is 1. The molecule has 0 aliphatic heterocycles. The SMILES string of the molecule is CCCc1ccc(N(C)C(=O)C2(N)CC2)cc1. The Morgan fingerprint density at radius 2 is 1.94 bits per heavy atom. The van der Waals surface area contributed by atoms with Gasteiger partial charge in [0.1, 0.15) is 0 Å². The molecular weight excluding hydrogens is 212 g/mol. The van der Waals surface area contributed by atoms with Crippen molar-refractivity contribution in [2.45, 2.75) is 38.1 Å². The third kappa shape index (κ3) is 2.50. The van der Waals surface area contributed by atoms with Crippen LogP contribution in [0, 0.1) is 0 Å². The lowest BCUT2D eigenvalue weighted by Gasteiger charge is -2.21. The van der Waals surface area contributed by atoms with Gasteiger partial charge in [-0.3, -0.25) is 4.79 Å². The highest BCUT2D eigenvalue weighted by Crippen LogP contribution is 2.35. The molecule has 0 saturated heterocycles. The first kappa shape index (κ1) is 12.1. The lowest BCUT2D eigenvalue weighted by Crippen LogP contribution is -2.43. The molecule has 1 aliphatic rings. The Balaban J connectivity index is 2.08. The lowest BCUT2D eigenvalue weighted by atomic mass is 10.1. The van der Waals surface area contributed by atoms with Crippen LogP contribution in [0.15, 0.2) is 24.3 Å². The second-order valence-corrected chi connectivity index (χ2v) is 4.94. The van der Waals surface area contributed by atoms with E-state index in [4.69, 9.17) is 5.73 Å². The van der Waals surface area contributed by atoms with Crippen molar-refractivity contribution in [3.8, 4) is 0 Å². The van der Waals surface area contributed by atoms with E-state index in [0.29, 0.717) is 0 Å². The predicted molar refractivity (Wildman–Crippen MR) is 70.0 cm³/mol. The summed E-state index contributed by atoms with van der Waals surface area (Å²) in [5.41, 5.74) is 7.56. The molecule has 3 nitrogen and oxygen atoms in total. The van der Waals surface area contributed by atoms with Crippen LogP contribution in [0.4, 0.5) is 5.69 Å². The van der Waals surface area contributed by atoms with Crippen molar-refractivity contribution in [3.05, 3.63) is 29.8 Å². The standard InChI is InChI=1S/C14H20N2O/c1-3-4-11-5-7-12(8-6-11)16(2)13(17)14(15)9-10-14/h5-8H,3-4,9-10,15H2,1-2H3. The Kier molecular flexibility index (Phi) is 3.20. The average molecular weight is 232 g/mol. The first-order valence-electron chi connectivity index (χ1n) is 6.23. The van der Waals surface area contributed by atoms with Crippen LogP contribution < -0.4 is 10.6 Å². The van der Waals surface area contributed by atoms with Gasteiger partial charge >= 0.3 is 0 Å². The smallest absolute Gasteiger partial charge is 0.246 e. The van der Waals surface area contributed by atoms with Crippen LogP contribution in [0.5, 0.6) is 0 Å². The van der Waals surface area contributed by atoms with Gasteiger partial charge in [-0.05, 0) is 37.0 Å². The normalized spacial score (nSPS) is 16.6. The Labute approximate surface area is 103 Å². The molecule has 0 heterocycles. The van der Waals surface area contributed by atoms with Crippen LogP contribution in [-0.2, 0) is 11.2 Å². The molecule has 0 bridgehead atoms. The maximum absolute atomic E-state index is 12.0. The average Bonchev–Trinajstić information content (AvgIpc) is 3.08. The molecule has 0 atom stereocenters. The molecule has 1 fully saturated rings. The lowest BCUT2D eigenvalue weighted by molar-refractivity contribution is -0.120. The van der Waals surface area contributed by atoms with Gasteiger partial charge in [0, 0.05) is 12.7 Å². The predicted octanol–water partition coefficient (Wildman–Crippen LogP) is 2.09. The van der Waals surface area contributed by atoms with Crippen LogP contribution in [-0.4, -0.2) is 18.5 Å². The number of amides is 1. The van der Waals surface area contributed by atoms with Gasteiger partial charge in [0.05, 0.1) is 5.54 Å². The quantitative estimate of drug-likeness (QED) is 0.864. The molecule has 1 saturated carbocycles. The number of benzene rings is 1. The molecule has 0 spiro atoms. The molecule has 0 radical (unpaired) electrons. The zero-order valence-corrected chi connectivity index (χ0v) is 10.6. The van der Waals surface area contributed by atoms with E-state index in [9.17, 15) is 4.79 Å². The molecule has 1 aromatic rings. The molecule has 1 aromatic carbocycles. The zero-order valence-electron chi connectivity index (χ0n) is 10.6. The number of rotatable bonds is 4. The summed E-state index contributed by atoms with van der Waals surface area (Å²) in [7, 11) is 1.80. The molecule has 2 N–H and O–H groups in total. The molecule has 0 unspecified atom stereocenters. The van der Waals surface area contributed by atoms with E-state index in [1.165, 1.54) is 5.56 Å². The van der Waals surface area contributed by atoms with E-state index >= 15 is 0 Å². The van der Waals surface area contributed by atoms with Crippen molar-refractivity contribution < 1.29 is 4.79 Å². The summed E-state index contributed by atoms with van der Waals surface area (Å²) < 4.78 is 0. The van der Waals surface area contributed by atoms with Crippen LogP contribution >= 0.6 is 0 Å². The van der Waals surface area contributed by atoms with Crippen molar-refractivity contribution >= 4 is 11.6 Å². The topological polar surface area (TPSA) is 46.3 Å². The summed E-state index contributed by atoms with van der Waals surface area (Å²) in [5, 5.41) is 0. The minimum Gasteiger partial charge on any atom is -0.317 e. The van der Waals surface area contributed by atoms with Crippen LogP contribution in [0.25, 0.3) is 0 Å². The zero-order chi connectivity index (χ0) is 12.5. The second-order valence-electron chi connectivity index (χ2n) is 4.94. The Morgan fingerprint density at radius 1 is 1.35 bits per heavy atom. The van der Waals surface area contributed by atoms with Gasteiger partial charge in [0.15, 0.2) is 0 Å². The van der Waals surface area contributed by atoms with Gasteiger partial charge in [-0.25, -0.2) is 0 Å². The van der Waals surface area contributed by atoms with Crippen LogP contribution in [0.2, 0.25) is 0 Å². The number of hydrogen-bond donors (Lipinski definition) is 1. The Bertz CT molecular complexity index is 407.